The minimum Gasteiger partial charge on any atom is -0.493 e. The third-order valence-electron chi connectivity index (χ3n) is 1.80. The largest absolute Gasteiger partial charge is 0.493 e. The van der Waals surface area contributed by atoms with E-state index < -0.39 is 5.82 Å². The fourth-order valence-electron chi connectivity index (χ4n) is 1.13. The maximum atomic E-state index is 13.6. The first-order chi connectivity index (χ1) is 6.74. The maximum Gasteiger partial charge on any atom is 0.197 e. The topological polar surface area (TPSA) is 53.7 Å². The van der Waals surface area contributed by atoms with Gasteiger partial charge in [0.15, 0.2) is 17.3 Å². The van der Waals surface area contributed by atoms with E-state index in [-0.39, 0.29) is 12.4 Å². The van der Waals surface area contributed by atoms with Gasteiger partial charge >= 0.3 is 0 Å². The predicted octanol–water partition coefficient (Wildman–Crippen LogP) is 1.23. The lowest BCUT2D eigenvalue weighted by molar-refractivity contribution is 0.121. The van der Waals surface area contributed by atoms with Crippen LogP contribution in [0.1, 0.15) is 5.56 Å². The number of rotatable bonds is 4. The second-order valence-corrected chi connectivity index (χ2v) is 2.59. The van der Waals surface area contributed by atoms with E-state index in [1.54, 1.807) is 6.07 Å². The van der Waals surface area contributed by atoms with E-state index in [0.29, 0.717) is 11.3 Å². The van der Waals surface area contributed by atoms with Gasteiger partial charge in [-0.25, -0.2) is 10.3 Å². The number of methoxy groups -OCH3 is 2. The Kier molecular flexibility index (Phi) is 3.67. The van der Waals surface area contributed by atoms with Gasteiger partial charge in [-0.1, -0.05) is 0 Å². The van der Waals surface area contributed by atoms with E-state index >= 15 is 0 Å². The molecular weight excluding hydrogens is 189 g/mol. The lowest BCUT2D eigenvalue weighted by atomic mass is 10.2. The fourth-order valence-corrected chi connectivity index (χ4v) is 1.13. The summed E-state index contributed by atoms with van der Waals surface area (Å²) in [6.07, 6.45) is 0. The highest BCUT2D eigenvalue weighted by Crippen LogP contribution is 2.31. The third-order valence-corrected chi connectivity index (χ3v) is 1.80. The first-order valence-electron chi connectivity index (χ1n) is 3.95. The van der Waals surface area contributed by atoms with Gasteiger partial charge in [0.25, 0.3) is 0 Å². The smallest absolute Gasteiger partial charge is 0.197 e. The third kappa shape index (κ3) is 1.94. The van der Waals surface area contributed by atoms with Gasteiger partial charge in [-0.2, -0.15) is 0 Å². The van der Waals surface area contributed by atoms with Gasteiger partial charge in [-0.15, -0.1) is 0 Å². The molecule has 0 bridgehead atoms. The van der Waals surface area contributed by atoms with E-state index in [4.69, 9.17) is 15.4 Å². The van der Waals surface area contributed by atoms with Crippen LogP contribution in [0, 0.1) is 5.82 Å². The monoisotopic (exact) mass is 201 g/mol. The summed E-state index contributed by atoms with van der Waals surface area (Å²) < 4.78 is 23.3. The quantitative estimate of drug-likeness (QED) is 0.744. The van der Waals surface area contributed by atoms with E-state index in [0.717, 1.165) is 0 Å². The molecule has 1 aromatic carbocycles. The zero-order chi connectivity index (χ0) is 10.6. The summed E-state index contributed by atoms with van der Waals surface area (Å²) in [6.45, 7) is -0.00775. The molecule has 0 amide bonds. The molecule has 0 fully saturated rings. The van der Waals surface area contributed by atoms with Gasteiger partial charge in [0, 0.05) is 5.56 Å². The number of hydrogen-bond donors (Lipinski definition) is 1. The number of benzene rings is 1. The number of nitrogens with two attached hydrogens (primary N) is 1. The Morgan fingerprint density at radius 2 is 2.00 bits per heavy atom. The molecule has 0 aliphatic carbocycles. The molecule has 0 saturated carbocycles. The lowest BCUT2D eigenvalue weighted by Crippen LogP contribution is -2.03. The van der Waals surface area contributed by atoms with Gasteiger partial charge in [0.1, 0.15) is 0 Å². The van der Waals surface area contributed by atoms with Crippen molar-refractivity contribution in [3.8, 4) is 11.5 Å². The van der Waals surface area contributed by atoms with Crippen molar-refractivity contribution in [3.63, 3.8) is 0 Å². The molecule has 2 N–H and O–H groups in total. The van der Waals surface area contributed by atoms with Gasteiger partial charge in [0.05, 0.1) is 20.8 Å². The Labute approximate surface area is 81.3 Å². The summed E-state index contributed by atoms with van der Waals surface area (Å²) in [5.74, 6) is 4.73. The molecule has 0 aliphatic heterocycles. The second kappa shape index (κ2) is 4.78. The van der Waals surface area contributed by atoms with Crippen molar-refractivity contribution in [2.45, 2.75) is 6.61 Å². The Morgan fingerprint density at radius 1 is 1.29 bits per heavy atom. The Bertz CT molecular complexity index is 317. The van der Waals surface area contributed by atoms with Gasteiger partial charge in [-0.05, 0) is 12.1 Å². The van der Waals surface area contributed by atoms with E-state index in [2.05, 4.69) is 4.84 Å². The average Bonchev–Trinajstić information content (AvgIpc) is 2.21. The van der Waals surface area contributed by atoms with Crippen LogP contribution in [0.2, 0.25) is 0 Å². The van der Waals surface area contributed by atoms with Crippen molar-refractivity contribution in [3.05, 3.63) is 23.5 Å². The fraction of sp³-hybridized carbons (Fsp3) is 0.333. The highest BCUT2D eigenvalue weighted by Gasteiger charge is 2.14. The minimum absolute atomic E-state index is 0.00775. The molecule has 1 aromatic rings. The van der Waals surface area contributed by atoms with Crippen LogP contribution in [0.3, 0.4) is 0 Å². The molecular formula is C9H12FNO3. The van der Waals surface area contributed by atoms with Crippen LogP contribution in [-0.4, -0.2) is 14.2 Å². The maximum absolute atomic E-state index is 13.6. The van der Waals surface area contributed by atoms with Crippen LogP contribution >= 0.6 is 0 Å². The molecule has 5 heteroatoms. The number of halogens is 1. The van der Waals surface area contributed by atoms with Crippen LogP contribution in [-0.2, 0) is 11.4 Å². The Balaban J connectivity index is 3.13. The first kappa shape index (κ1) is 10.7. The van der Waals surface area contributed by atoms with E-state index in [1.165, 1.54) is 20.3 Å². The summed E-state index contributed by atoms with van der Waals surface area (Å²) >= 11 is 0. The summed E-state index contributed by atoms with van der Waals surface area (Å²) in [7, 11) is 2.81. The summed E-state index contributed by atoms with van der Waals surface area (Å²) in [4.78, 5) is 4.35. The Hall–Kier alpha value is -1.33. The zero-order valence-electron chi connectivity index (χ0n) is 8.04. The van der Waals surface area contributed by atoms with E-state index in [1.807, 2.05) is 0 Å². The summed E-state index contributed by atoms with van der Waals surface area (Å²) in [5.41, 5.74) is 0.324. The van der Waals surface area contributed by atoms with Crippen LogP contribution < -0.4 is 15.4 Å². The molecule has 0 unspecified atom stereocenters. The van der Waals surface area contributed by atoms with Crippen LogP contribution in [0.25, 0.3) is 0 Å². The SMILES string of the molecule is COc1ccc(CON)c(F)c1OC. The molecule has 1 rings (SSSR count). The second-order valence-electron chi connectivity index (χ2n) is 2.59. The summed E-state index contributed by atoms with van der Waals surface area (Å²) in [5, 5.41) is 0. The highest BCUT2D eigenvalue weighted by molar-refractivity contribution is 5.44. The number of hydrogen-bond acceptors (Lipinski definition) is 4. The lowest BCUT2D eigenvalue weighted by Gasteiger charge is -2.10. The van der Waals surface area contributed by atoms with Gasteiger partial charge in [0.2, 0.25) is 0 Å². The molecule has 0 atom stereocenters. The molecule has 0 aliphatic rings. The molecule has 0 radical (unpaired) electrons. The predicted molar refractivity (Wildman–Crippen MR) is 48.5 cm³/mol. The standard InChI is InChI=1S/C9H12FNO3/c1-12-7-4-3-6(5-14-11)8(10)9(7)13-2/h3-4H,5,11H2,1-2H3. The van der Waals surface area contributed by atoms with Gasteiger partial charge in [-0.3, -0.25) is 4.84 Å². The van der Waals surface area contributed by atoms with Crippen LogP contribution in [0.4, 0.5) is 4.39 Å². The average molecular weight is 201 g/mol. The van der Waals surface area contributed by atoms with Crippen molar-refractivity contribution < 1.29 is 18.7 Å². The van der Waals surface area contributed by atoms with Crippen molar-refractivity contribution in [1.82, 2.24) is 0 Å². The number of ether oxygens (including phenoxy) is 2. The Morgan fingerprint density at radius 3 is 2.50 bits per heavy atom. The van der Waals surface area contributed by atoms with Crippen molar-refractivity contribution >= 4 is 0 Å². The van der Waals surface area contributed by atoms with Crippen molar-refractivity contribution in [2.24, 2.45) is 5.90 Å². The van der Waals surface area contributed by atoms with Gasteiger partial charge < -0.3 is 9.47 Å². The van der Waals surface area contributed by atoms with Crippen LogP contribution in [0.5, 0.6) is 11.5 Å². The molecule has 0 aromatic heterocycles. The molecule has 0 heterocycles. The zero-order valence-corrected chi connectivity index (χ0v) is 8.04. The molecule has 14 heavy (non-hydrogen) atoms. The molecule has 78 valence electrons. The van der Waals surface area contributed by atoms with Crippen LogP contribution in [0.15, 0.2) is 12.1 Å². The van der Waals surface area contributed by atoms with Crippen molar-refractivity contribution in [2.75, 3.05) is 14.2 Å². The molecule has 0 saturated heterocycles. The highest BCUT2D eigenvalue weighted by atomic mass is 19.1. The first-order valence-corrected chi connectivity index (χ1v) is 3.95. The summed E-state index contributed by atoms with van der Waals surface area (Å²) in [6, 6.07) is 3.12. The van der Waals surface area contributed by atoms with Crippen molar-refractivity contribution in [1.29, 1.82) is 0 Å². The normalized spacial score (nSPS) is 10.0. The molecule has 0 spiro atoms. The minimum atomic E-state index is -0.516. The van der Waals surface area contributed by atoms with E-state index in [9.17, 15) is 4.39 Å². The molecule has 4 nitrogen and oxygen atoms in total.